The molecule has 3 rings (SSSR count). The molecule has 24 heavy (non-hydrogen) atoms. The highest BCUT2D eigenvalue weighted by molar-refractivity contribution is 7.90. The van der Waals surface area contributed by atoms with Crippen molar-refractivity contribution in [2.75, 3.05) is 19.3 Å². The summed E-state index contributed by atoms with van der Waals surface area (Å²) in [4.78, 5) is 19.3. The van der Waals surface area contributed by atoms with Gasteiger partial charge in [-0.15, -0.1) is 0 Å². The molecule has 0 bridgehead atoms. The predicted octanol–water partition coefficient (Wildman–Crippen LogP) is 2.78. The third-order valence-corrected chi connectivity index (χ3v) is 5.37. The van der Waals surface area contributed by atoms with Crippen LogP contribution in [-0.4, -0.2) is 43.6 Å². The number of likely N-dealkylation sites (tertiary alicyclic amines) is 1. The lowest BCUT2D eigenvalue weighted by Crippen LogP contribution is -2.35. The zero-order valence-electron chi connectivity index (χ0n) is 13.6. The van der Waals surface area contributed by atoms with E-state index in [9.17, 15) is 13.2 Å². The Kier molecular flexibility index (Phi) is 4.66. The van der Waals surface area contributed by atoms with Gasteiger partial charge in [-0.2, -0.15) is 0 Å². The van der Waals surface area contributed by atoms with Crippen LogP contribution in [0.5, 0.6) is 0 Å². The number of amides is 1. The Hall–Kier alpha value is -2.21. The van der Waals surface area contributed by atoms with E-state index in [-0.39, 0.29) is 10.8 Å². The van der Waals surface area contributed by atoms with Crippen molar-refractivity contribution in [1.29, 1.82) is 0 Å². The maximum absolute atomic E-state index is 12.8. The van der Waals surface area contributed by atoms with Crippen LogP contribution in [0.3, 0.4) is 0 Å². The summed E-state index contributed by atoms with van der Waals surface area (Å²) in [6.07, 6.45) is 6.05. The lowest BCUT2D eigenvalue weighted by atomic mass is 10.0. The fourth-order valence-electron chi connectivity index (χ4n) is 2.94. The smallest absolute Gasteiger partial charge is 0.256 e. The van der Waals surface area contributed by atoms with Gasteiger partial charge in [-0.05, 0) is 43.5 Å². The number of aromatic nitrogens is 1. The molecule has 1 aliphatic heterocycles. The van der Waals surface area contributed by atoms with Gasteiger partial charge in [-0.3, -0.25) is 9.78 Å². The fourth-order valence-corrected chi connectivity index (χ4v) is 3.57. The first kappa shape index (κ1) is 16.6. The molecule has 6 heteroatoms. The van der Waals surface area contributed by atoms with Crippen LogP contribution in [-0.2, 0) is 9.84 Å². The van der Waals surface area contributed by atoms with Crippen molar-refractivity contribution >= 4 is 15.7 Å². The number of hydrogen-bond donors (Lipinski definition) is 0. The van der Waals surface area contributed by atoms with Crippen molar-refractivity contribution in [3.05, 3.63) is 48.2 Å². The standard InChI is InChI=1S/C18H20N2O3S/c1-24(22,23)15-9-7-14(8-10-15)17-16(6-5-11-19-17)18(21)20-12-3-2-4-13-20/h5-11H,2-4,12-13H2,1H3. The number of sulfone groups is 1. The Morgan fingerprint density at radius 1 is 1.04 bits per heavy atom. The Morgan fingerprint density at radius 3 is 2.33 bits per heavy atom. The lowest BCUT2D eigenvalue weighted by molar-refractivity contribution is 0.0725. The topological polar surface area (TPSA) is 67.3 Å². The number of nitrogens with zero attached hydrogens (tertiary/aromatic N) is 2. The van der Waals surface area contributed by atoms with Crippen LogP contribution >= 0.6 is 0 Å². The van der Waals surface area contributed by atoms with Crippen LogP contribution in [0.25, 0.3) is 11.3 Å². The predicted molar refractivity (Wildman–Crippen MR) is 92.5 cm³/mol. The maximum Gasteiger partial charge on any atom is 0.256 e. The Balaban J connectivity index is 1.95. The first-order chi connectivity index (χ1) is 11.5. The van der Waals surface area contributed by atoms with E-state index in [4.69, 9.17) is 0 Å². The summed E-state index contributed by atoms with van der Waals surface area (Å²) in [6.45, 7) is 1.56. The van der Waals surface area contributed by atoms with Crippen LogP contribution in [0, 0.1) is 0 Å². The molecule has 0 atom stereocenters. The van der Waals surface area contributed by atoms with Gasteiger partial charge in [0.1, 0.15) is 0 Å². The van der Waals surface area contributed by atoms with Crippen LogP contribution in [0.1, 0.15) is 29.6 Å². The monoisotopic (exact) mass is 344 g/mol. The molecule has 2 aromatic rings. The third kappa shape index (κ3) is 3.48. The average Bonchev–Trinajstić information content (AvgIpc) is 2.61. The van der Waals surface area contributed by atoms with Crippen molar-refractivity contribution in [2.45, 2.75) is 24.2 Å². The maximum atomic E-state index is 12.8. The summed E-state index contributed by atoms with van der Waals surface area (Å²) in [5.74, 6) is -0.00927. The molecule has 1 saturated heterocycles. The van der Waals surface area contributed by atoms with Gasteiger partial charge in [0.25, 0.3) is 5.91 Å². The van der Waals surface area contributed by atoms with Gasteiger partial charge in [0.05, 0.1) is 16.2 Å². The van der Waals surface area contributed by atoms with Gasteiger partial charge in [0, 0.05) is 31.1 Å². The number of rotatable bonds is 3. The molecule has 0 radical (unpaired) electrons. The Morgan fingerprint density at radius 2 is 1.71 bits per heavy atom. The third-order valence-electron chi connectivity index (χ3n) is 4.24. The van der Waals surface area contributed by atoms with Gasteiger partial charge in [0.15, 0.2) is 9.84 Å². The zero-order valence-corrected chi connectivity index (χ0v) is 14.4. The number of benzene rings is 1. The van der Waals surface area contributed by atoms with E-state index in [1.807, 2.05) is 4.90 Å². The van der Waals surface area contributed by atoms with E-state index in [0.717, 1.165) is 37.9 Å². The molecular formula is C18H20N2O3S. The lowest BCUT2D eigenvalue weighted by Gasteiger charge is -2.27. The second-order valence-electron chi connectivity index (χ2n) is 6.05. The zero-order chi connectivity index (χ0) is 17.2. The molecule has 5 nitrogen and oxygen atoms in total. The number of carbonyl (C=O) groups excluding carboxylic acids is 1. The molecule has 0 saturated carbocycles. The quantitative estimate of drug-likeness (QED) is 0.859. The van der Waals surface area contributed by atoms with E-state index >= 15 is 0 Å². The van der Waals surface area contributed by atoms with Crippen LogP contribution in [0.2, 0.25) is 0 Å². The molecule has 1 aliphatic rings. The summed E-state index contributed by atoms with van der Waals surface area (Å²) in [6, 6.07) is 10.0. The molecule has 1 amide bonds. The second kappa shape index (κ2) is 6.73. The van der Waals surface area contributed by atoms with E-state index in [1.165, 1.54) is 6.26 Å². The highest BCUT2D eigenvalue weighted by Gasteiger charge is 2.22. The van der Waals surface area contributed by atoms with Gasteiger partial charge in [-0.1, -0.05) is 12.1 Å². The molecular weight excluding hydrogens is 324 g/mol. The normalized spacial score (nSPS) is 15.3. The molecule has 1 aromatic carbocycles. The van der Waals surface area contributed by atoms with E-state index in [1.54, 1.807) is 42.6 Å². The minimum Gasteiger partial charge on any atom is -0.339 e. The molecule has 0 spiro atoms. The molecule has 126 valence electrons. The summed E-state index contributed by atoms with van der Waals surface area (Å²) in [5, 5.41) is 0. The second-order valence-corrected chi connectivity index (χ2v) is 8.06. The van der Waals surface area contributed by atoms with E-state index in [0.29, 0.717) is 11.3 Å². The number of hydrogen-bond acceptors (Lipinski definition) is 4. The van der Waals surface area contributed by atoms with Gasteiger partial charge >= 0.3 is 0 Å². The number of piperidine rings is 1. The van der Waals surface area contributed by atoms with Gasteiger partial charge in [-0.25, -0.2) is 8.42 Å². The van der Waals surface area contributed by atoms with Gasteiger partial charge in [0.2, 0.25) is 0 Å². The molecule has 1 fully saturated rings. The van der Waals surface area contributed by atoms with Crippen molar-refractivity contribution in [2.24, 2.45) is 0 Å². The summed E-state index contributed by atoms with van der Waals surface area (Å²) in [5.41, 5.74) is 1.89. The van der Waals surface area contributed by atoms with Crippen LogP contribution < -0.4 is 0 Å². The van der Waals surface area contributed by atoms with Crippen molar-refractivity contribution in [3.63, 3.8) is 0 Å². The molecule has 0 unspecified atom stereocenters. The SMILES string of the molecule is CS(=O)(=O)c1ccc(-c2ncccc2C(=O)N2CCCCC2)cc1. The van der Waals surface area contributed by atoms with E-state index < -0.39 is 9.84 Å². The van der Waals surface area contributed by atoms with Gasteiger partial charge < -0.3 is 4.90 Å². The average molecular weight is 344 g/mol. The largest absolute Gasteiger partial charge is 0.339 e. The molecule has 0 N–H and O–H groups in total. The molecule has 2 heterocycles. The van der Waals surface area contributed by atoms with E-state index in [2.05, 4.69) is 4.98 Å². The first-order valence-corrected chi connectivity index (χ1v) is 9.91. The van der Waals surface area contributed by atoms with Crippen molar-refractivity contribution < 1.29 is 13.2 Å². The van der Waals surface area contributed by atoms with Crippen LogP contribution in [0.4, 0.5) is 0 Å². The van der Waals surface area contributed by atoms with Crippen molar-refractivity contribution in [3.8, 4) is 11.3 Å². The summed E-state index contributed by atoms with van der Waals surface area (Å²) in [7, 11) is -3.24. The summed E-state index contributed by atoms with van der Waals surface area (Å²) < 4.78 is 23.2. The minimum absolute atomic E-state index is 0.00927. The number of carbonyl (C=O) groups is 1. The molecule has 1 aromatic heterocycles. The Bertz CT molecular complexity index is 839. The highest BCUT2D eigenvalue weighted by Crippen LogP contribution is 2.25. The summed E-state index contributed by atoms with van der Waals surface area (Å²) >= 11 is 0. The van der Waals surface area contributed by atoms with Crippen LogP contribution in [0.15, 0.2) is 47.5 Å². The molecule has 0 aliphatic carbocycles. The first-order valence-electron chi connectivity index (χ1n) is 8.01. The number of pyridine rings is 1. The Labute approximate surface area is 142 Å². The fraction of sp³-hybridized carbons (Fsp3) is 0.333. The van der Waals surface area contributed by atoms with Crippen molar-refractivity contribution in [1.82, 2.24) is 9.88 Å². The minimum atomic E-state index is -3.24. The highest BCUT2D eigenvalue weighted by atomic mass is 32.2.